The first-order chi connectivity index (χ1) is 12.4. The smallest absolute Gasteiger partial charge is 0.220 e. The van der Waals surface area contributed by atoms with Crippen molar-refractivity contribution in [2.75, 3.05) is 6.54 Å². The Labute approximate surface area is 154 Å². The molecule has 0 unspecified atom stereocenters. The SMILES string of the molecule is Cc1ccc(-n2c(C)nnc2S[C@H](C[N+](=O)[O-])c2ccc(F)cc2)cc1. The van der Waals surface area contributed by atoms with Gasteiger partial charge in [0.15, 0.2) is 5.16 Å². The second-order valence-corrected chi connectivity index (χ2v) is 7.04. The van der Waals surface area contributed by atoms with Gasteiger partial charge in [0.05, 0.1) is 0 Å². The van der Waals surface area contributed by atoms with Gasteiger partial charge in [-0.1, -0.05) is 41.6 Å². The van der Waals surface area contributed by atoms with E-state index >= 15 is 0 Å². The van der Waals surface area contributed by atoms with Crippen LogP contribution >= 0.6 is 11.8 Å². The lowest BCUT2D eigenvalue weighted by atomic mass is 10.1. The third kappa shape index (κ3) is 4.08. The molecule has 0 aliphatic carbocycles. The van der Waals surface area contributed by atoms with Crippen molar-refractivity contribution in [3.63, 3.8) is 0 Å². The van der Waals surface area contributed by atoms with Crippen molar-refractivity contribution in [2.24, 2.45) is 0 Å². The molecule has 1 aromatic heterocycles. The summed E-state index contributed by atoms with van der Waals surface area (Å²) in [5, 5.41) is 19.5. The van der Waals surface area contributed by atoms with Crippen LogP contribution < -0.4 is 0 Å². The highest BCUT2D eigenvalue weighted by atomic mass is 32.2. The van der Waals surface area contributed by atoms with E-state index in [9.17, 15) is 14.5 Å². The zero-order valence-corrected chi connectivity index (χ0v) is 15.1. The van der Waals surface area contributed by atoms with Crippen LogP contribution in [0.3, 0.4) is 0 Å². The number of rotatable bonds is 6. The standard InChI is InChI=1S/C18H17FN4O2S/c1-12-3-9-16(10-4-12)23-13(2)20-21-18(23)26-17(11-22(24)25)14-5-7-15(19)8-6-14/h3-10,17H,11H2,1-2H3/t17-/m1/s1. The number of halogens is 1. The summed E-state index contributed by atoms with van der Waals surface area (Å²) in [6.07, 6.45) is 0. The summed E-state index contributed by atoms with van der Waals surface area (Å²) in [5.74, 6) is 0.313. The van der Waals surface area contributed by atoms with Gasteiger partial charge < -0.3 is 0 Å². The van der Waals surface area contributed by atoms with Crippen LogP contribution in [-0.4, -0.2) is 26.2 Å². The number of nitrogens with zero attached hydrogens (tertiary/aromatic N) is 4. The van der Waals surface area contributed by atoms with E-state index in [4.69, 9.17) is 0 Å². The molecule has 0 saturated carbocycles. The predicted octanol–water partition coefficient (Wildman–Crippen LogP) is 4.13. The van der Waals surface area contributed by atoms with E-state index in [2.05, 4.69) is 10.2 Å². The Morgan fingerprint density at radius 3 is 2.38 bits per heavy atom. The molecule has 0 aliphatic heterocycles. The molecule has 0 N–H and O–H groups in total. The van der Waals surface area contributed by atoms with Gasteiger partial charge in [0.25, 0.3) is 0 Å². The monoisotopic (exact) mass is 372 g/mol. The van der Waals surface area contributed by atoms with E-state index in [0.29, 0.717) is 16.5 Å². The quantitative estimate of drug-likeness (QED) is 0.369. The highest BCUT2D eigenvalue weighted by molar-refractivity contribution is 7.99. The largest absolute Gasteiger partial charge is 0.274 e. The van der Waals surface area contributed by atoms with E-state index in [1.54, 1.807) is 12.1 Å². The maximum absolute atomic E-state index is 13.2. The fraction of sp³-hybridized carbons (Fsp3) is 0.222. The number of hydrogen-bond acceptors (Lipinski definition) is 5. The van der Waals surface area contributed by atoms with Gasteiger partial charge in [0.1, 0.15) is 16.9 Å². The molecule has 134 valence electrons. The van der Waals surface area contributed by atoms with Crippen molar-refractivity contribution in [3.05, 3.63) is 81.4 Å². The number of benzene rings is 2. The minimum absolute atomic E-state index is 0.296. The minimum Gasteiger partial charge on any atom is -0.274 e. The molecule has 2 aromatic carbocycles. The highest BCUT2D eigenvalue weighted by Crippen LogP contribution is 2.36. The molecule has 0 amide bonds. The molecule has 0 spiro atoms. The number of thioether (sulfide) groups is 1. The van der Waals surface area contributed by atoms with Crippen molar-refractivity contribution in [2.45, 2.75) is 24.3 Å². The van der Waals surface area contributed by atoms with E-state index in [-0.39, 0.29) is 17.3 Å². The van der Waals surface area contributed by atoms with Gasteiger partial charge in [0, 0.05) is 10.6 Å². The zero-order valence-electron chi connectivity index (χ0n) is 14.3. The zero-order chi connectivity index (χ0) is 18.7. The Morgan fingerprint density at radius 1 is 1.12 bits per heavy atom. The average molecular weight is 372 g/mol. The molecule has 3 aromatic rings. The van der Waals surface area contributed by atoms with Crippen molar-refractivity contribution in [1.29, 1.82) is 0 Å². The number of aromatic nitrogens is 3. The summed E-state index contributed by atoms with van der Waals surface area (Å²) < 4.78 is 15.1. The third-order valence-electron chi connectivity index (χ3n) is 3.89. The Morgan fingerprint density at radius 2 is 1.77 bits per heavy atom. The first-order valence-electron chi connectivity index (χ1n) is 7.97. The van der Waals surface area contributed by atoms with Crippen LogP contribution in [0, 0.1) is 29.8 Å². The fourth-order valence-electron chi connectivity index (χ4n) is 2.56. The van der Waals surface area contributed by atoms with Crippen molar-refractivity contribution in [3.8, 4) is 5.69 Å². The van der Waals surface area contributed by atoms with Crippen LogP contribution in [0.15, 0.2) is 53.7 Å². The van der Waals surface area contributed by atoms with Crippen LogP contribution in [0.1, 0.15) is 22.2 Å². The molecule has 0 bridgehead atoms. The summed E-state index contributed by atoms with van der Waals surface area (Å²) in [4.78, 5) is 10.7. The molecule has 0 fully saturated rings. The first kappa shape index (κ1) is 18.1. The van der Waals surface area contributed by atoms with Crippen LogP contribution in [0.5, 0.6) is 0 Å². The second-order valence-electron chi connectivity index (χ2n) is 5.87. The van der Waals surface area contributed by atoms with Crippen LogP contribution in [0.25, 0.3) is 5.69 Å². The van der Waals surface area contributed by atoms with Crippen molar-refractivity contribution < 1.29 is 9.31 Å². The summed E-state index contributed by atoms with van der Waals surface area (Å²) >= 11 is 1.25. The lowest BCUT2D eigenvalue weighted by Gasteiger charge is -2.14. The topological polar surface area (TPSA) is 73.8 Å². The van der Waals surface area contributed by atoms with E-state index in [1.165, 1.54) is 23.9 Å². The van der Waals surface area contributed by atoms with E-state index < -0.39 is 5.25 Å². The molecule has 3 rings (SSSR count). The number of aryl methyl sites for hydroxylation is 2. The van der Waals surface area contributed by atoms with E-state index in [1.807, 2.05) is 42.7 Å². The summed E-state index contributed by atoms with van der Waals surface area (Å²) in [6.45, 7) is 3.54. The molecule has 6 nitrogen and oxygen atoms in total. The maximum Gasteiger partial charge on any atom is 0.220 e. The normalized spacial score (nSPS) is 12.1. The molecule has 26 heavy (non-hydrogen) atoms. The van der Waals surface area contributed by atoms with Gasteiger partial charge in [0.2, 0.25) is 6.54 Å². The summed E-state index contributed by atoms with van der Waals surface area (Å²) in [7, 11) is 0. The average Bonchev–Trinajstić information content (AvgIpc) is 2.96. The molecular weight excluding hydrogens is 355 g/mol. The predicted molar refractivity (Wildman–Crippen MR) is 97.7 cm³/mol. The summed E-state index contributed by atoms with van der Waals surface area (Å²) in [5.41, 5.74) is 2.69. The maximum atomic E-state index is 13.2. The lowest BCUT2D eigenvalue weighted by molar-refractivity contribution is -0.479. The molecule has 0 saturated heterocycles. The van der Waals surface area contributed by atoms with Crippen molar-refractivity contribution in [1.82, 2.24) is 14.8 Å². The molecule has 0 aliphatic rings. The first-order valence-corrected chi connectivity index (χ1v) is 8.85. The van der Waals surface area contributed by atoms with Crippen LogP contribution in [-0.2, 0) is 0 Å². The number of hydrogen-bond donors (Lipinski definition) is 0. The molecule has 1 heterocycles. The van der Waals surface area contributed by atoms with Crippen LogP contribution in [0.4, 0.5) is 4.39 Å². The van der Waals surface area contributed by atoms with Gasteiger partial charge in [-0.05, 0) is 43.7 Å². The Hall–Kier alpha value is -2.74. The highest BCUT2D eigenvalue weighted by Gasteiger charge is 2.23. The molecule has 1 atom stereocenters. The molecule has 8 heteroatoms. The summed E-state index contributed by atoms with van der Waals surface area (Å²) in [6, 6.07) is 13.6. The fourth-order valence-corrected chi connectivity index (χ4v) is 3.74. The van der Waals surface area contributed by atoms with Gasteiger partial charge in [-0.15, -0.1) is 10.2 Å². The van der Waals surface area contributed by atoms with Crippen LogP contribution in [0.2, 0.25) is 0 Å². The van der Waals surface area contributed by atoms with E-state index in [0.717, 1.165) is 11.3 Å². The lowest BCUT2D eigenvalue weighted by Crippen LogP contribution is -2.11. The molecule has 0 radical (unpaired) electrons. The van der Waals surface area contributed by atoms with Gasteiger partial charge in [-0.3, -0.25) is 14.7 Å². The third-order valence-corrected chi connectivity index (χ3v) is 5.07. The number of nitro groups is 1. The van der Waals surface area contributed by atoms with Gasteiger partial charge in [-0.25, -0.2) is 4.39 Å². The minimum atomic E-state index is -0.501. The van der Waals surface area contributed by atoms with Gasteiger partial charge >= 0.3 is 0 Å². The van der Waals surface area contributed by atoms with Gasteiger partial charge in [-0.2, -0.15) is 0 Å². The molecular formula is C18H17FN4O2S. The second kappa shape index (κ2) is 7.65. The van der Waals surface area contributed by atoms with Crippen molar-refractivity contribution >= 4 is 11.8 Å². The Balaban J connectivity index is 1.95. The Bertz CT molecular complexity index is 910. The Kier molecular flexibility index (Phi) is 5.32.